The highest BCUT2D eigenvalue weighted by molar-refractivity contribution is 5.04. The second kappa shape index (κ2) is 4.39. The maximum Gasteiger partial charge on any atom is 0.0197 e. The van der Waals surface area contributed by atoms with Gasteiger partial charge in [-0.25, -0.2) is 0 Å². The van der Waals surface area contributed by atoms with Crippen LogP contribution in [0.1, 0.15) is 34.6 Å². The zero-order valence-electron chi connectivity index (χ0n) is 7.73. The normalized spacial score (nSPS) is 13.1. The van der Waals surface area contributed by atoms with Gasteiger partial charge in [-0.3, -0.25) is 0 Å². The molecule has 0 heteroatoms. The zero-order chi connectivity index (χ0) is 8.15. The molecule has 1 atom stereocenters. The van der Waals surface area contributed by atoms with E-state index < -0.39 is 0 Å². The van der Waals surface area contributed by atoms with Gasteiger partial charge in [-0.2, -0.15) is 0 Å². The molecule has 0 fully saturated rings. The Morgan fingerprint density at radius 3 is 1.60 bits per heavy atom. The van der Waals surface area contributed by atoms with Crippen LogP contribution < -0.4 is 0 Å². The molecule has 0 aromatic rings. The molecule has 0 saturated heterocycles. The average Bonchev–Trinajstić information content (AvgIpc) is 1.82. The van der Waals surface area contributed by atoms with Crippen LogP contribution >= 0.6 is 0 Å². The first-order valence-electron chi connectivity index (χ1n) is 4.05. The molecule has 0 aliphatic heterocycles. The summed E-state index contributed by atoms with van der Waals surface area (Å²) in [6.45, 7) is 10.8. The second-order valence-electron chi connectivity index (χ2n) is 3.48. The molecule has 0 nitrogen and oxygen atoms in total. The molecule has 0 aromatic carbocycles. The minimum atomic E-state index is 0.515. The van der Waals surface area contributed by atoms with E-state index in [0.717, 1.165) is 0 Å². The van der Waals surface area contributed by atoms with Crippen LogP contribution in [0.15, 0.2) is 0 Å². The van der Waals surface area contributed by atoms with E-state index in [-0.39, 0.29) is 0 Å². The largest absolute Gasteiger partial charge is 0.100 e. The lowest BCUT2D eigenvalue weighted by molar-refractivity contribution is 0.519. The van der Waals surface area contributed by atoms with Gasteiger partial charge in [0.1, 0.15) is 0 Å². The molecule has 0 N–H and O–H groups in total. The zero-order valence-corrected chi connectivity index (χ0v) is 7.73. The SMILES string of the molecule is CC(C)C#C[C@@H](C)C(C)C. The van der Waals surface area contributed by atoms with Crippen LogP contribution in [0.4, 0.5) is 0 Å². The van der Waals surface area contributed by atoms with Crippen molar-refractivity contribution in [2.24, 2.45) is 17.8 Å². The molecular weight excluding hydrogens is 120 g/mol. The van der Waals surface area contributed by atoms with Crippen LogP contribution in [-0.2, 0) is 0 Å². The van der Waals surface area contributed by atoms with Gasteiger partial charge in [0.25, 0.3) is 0 Å². The van der Waals surface area contributed by atoms with Crippen molar-refractivity contribution in [1.29, 1.82) is 0 Å². The van der Waals surface area contributed by atoms with Crippen molar-refractivity contribution in [2.45, 2.75) is 34.6 Å². The standard InChI is InChI=1S/C10H18/c1-8(2)6-7-10(5)9(3)4/h8-10H,1-5H3/t10-/m1/s1. The predicted molar refractivity (Wildman–Crippen MR) is 46.6 cm³/mol. The molecule has 0 amide bonds. The van der Waals surface area contributed by atoms with Crippen LogP contribution in [0.2, 0.25) is 0 Å². The summed E-state index contributed by atoms with van der Waals surface area (Å²) in [4.78, 5) is 0. The maximum atomic E-state index is 3.23. The van der Waals surface area contributed by atoms with Gasteiger partial charge in [0.2, 0.25) is 0 Å². The van der Waals surface area contributed by atoms with Gasteiger partial charge in [0.15, 0.2) is 0 Å². The molecule has 0 radical (unpaired) electrons. The minimum absolute atomic E-state index is 0.515. The molecule has 0 heterocycles. The molecule has 10 heavy (non-hydrogen) atoms. The highest BCUT2D eigenvalue weighted by Gasteiger charge is 2.01. The highest BCUT2D eigenvalue weighted by Crippen LogP contribution is 2.07. The maximum absolute atomic E-state index is 3.23. The van der Waals surface area contributed by atoms with Gasteiger partial charge >= 0.3 is 0 Å². The molecule has 0 unspecified atom stereocenters. The number of hydrogen-bond donors (Lipinski definition) is 0. The van der Waals surface area contributed by atoms with Crippen LogP contribution in [0.5, 0.6) is 0 Å². The molecule has 58 valence electrons. The second-order valence-corrected chi connectivity index (χ2v) is 3.48. The predicted octanol–water partition coefficient (Wildman–Crippen LogP) is 2.94. The first kappa shape index (κ1) is 9.56. The Bertz CT molecular complexity index is 132. The van der Waals surface area contributed by atoms with Crippen LogP contribution in [-0.4, -0.2) is 0 Å². The Labute approximate surface area is 65.0 Å². The van der Waals surface area contributed by atoms with Crippen molar-refractivity contribution in [2.75, 3.05) is 0 Å². The molecule has 0 aliphatic rings. The fraction of sp³-hybridized carbons (Fsp3) is 0.800. The van der Waals surface area contributed by atoms with Crippen LogP contribution in [0, 0.1) is 29.6 Å². The van der Waals surface area contributed by atoms with Crippen molar-refractivity contribution in [3.05, 3.63) is 0 Å². The fourth-order valence-corrected chi connectivity index (χ4v) is 0.465. The number of hydrogen-bond acceptors (Lipinski definition) is 0. The van der Waals surface area contributed by atoms with E-state index >= 15 is 0 Å². The van der Waals surface area contributed by atoms with Gasteiger partial charge in [-0.15, -0.1) is 5.92 Å². The van der Waals surface area contributed by atoms with E-state index in [0.29, 0.717) is 17.8 Å². The molecular formula is C10H18. The van der Waals surface area contributed by atoms with Crippen molar-refractivity contribution in [3.8, 4) is 11.8 Å². The Kier molecular flexibility index (Phi) is 4.19. The van der Waals surface area contributed by atoms with Gasteiger partial charge in [-0.1, -0.05) is 40.5 Å². The quantitative estimate of drug-likeness (QED) is 0.489. The topological polar surface area (TPSA) is 0 Å². The third-order valence-electron chi connectivity index (χ3n) is 1.60. The summed E-state index contributed by atoms with van der Waals surface area (Å²) < 4.78 is 0. The molecule has 0 rings (SSSR count). The van der Waals surface area contributed by atoms with E-state index in [1.807, 2.05) is 0 Å². The monoisotopic (exact) mass is 138 g/mol. The van der Waals surface area contributed by atoms with Gasteiger partial charge in [0.05, 0.1) is 0 Å². The smallest absolute Gasteiger partial charge is 0.0197 e. The Morgan fingerprint density at radius 2 is 1.30 bits per heavy atom. The summed E-state index contributed by atoms with van der Waals surface area (Å²) in [5, 5.41) is 0. The molecule has 0 bridgehead atoms. The summed E-state index contributed by atoms with van der Waals surface area (Å²) in [5.41, 5.74) is 0. The lowest BCUT2D eigenvalue weighted by Gasteiger charge is -2.06. The van der Waals surface area contributed by atoms with E-state index in [9.17, 15) is 0 Å². The molecule has 0 aromatic heterocycles. The number of rotatable bonds is 1. The minimum Gasteiger partial charge on any atom is -0.100 e. The summed E-state index contributed by atoms with van der Waals surface area (Å²) in [7, 11) is 0. The Hall–Kier alpha value is -0.440. The Balaban J connectivity index is 3.80. The summed E-state index contributed by atoms with van der Waals surface area (Å²) in [6.07, 6.45) is 0. The van der Waals surface area contributed by atoms with Gasteiger partial charge < -0.3 is 0 Å². The third-order valence-corrected chi connectivity index (χ3v) is 1.60. The van der Waals surface area contributed by atoms with E-state index in [1.54, 1.807) is 0 Å². The first-order chi connectivity index (χ1) is 4.54. The Morgan fingerprint density at radius 1 is 0.800 bits per heavy atom. The first-order valence-corrected chi connectivity index (χ1v) is 4.05. The van der Waals surface area contributed by atoms with Crippen molar-refractivity contribution in [1.82, 2.24) is 0 Å². The van der Waals surface area contributed by atoms with Gasteiger partial charge in [-0.05, 0) is 5.92 Å². The fourth-order valence-electron chi connectivity index (χ4n) is 0.465. The summed E-state index contributed by atoms with van der Waals surface area (Å²) in [5.74, 6) is 8.15. The summed E-state index contributed by atoms with van der Waals surface area (Å²) >= 11 is 0. The highest BCUT2D eigenvalue weighted by atomic mass is 14.0. The van der Waals surface area contributed by atoms with Crippen molar-refractivity contribution in [3.63, 3.8) is 0 Å². The lowest BCUT2D eigenvalue weighted by Crippen LogP contribution is -2.00. The van der Waals surface area contributed by atoms with Crippen LogP contribution in [0.25, 0.3) is 0 Å². The average molecular weight is 138 g/mol. The van der Waals surface area contributed by atoms with Gasteiger partial charge in [0, 0.05) is 11.8 Å². The summed E-state index contributed by atoms with van der Waals surface area (Å²) in [6, 6.07) is 0. The van der Waals surface area contributed by atoms with Crippen molar-refractivity contribution >= 4 is 0 Å². The molecule has 0 spiro atoms. The molecule has 0 saturated carbocycles. The van der Waals surface area contributed by atoms with Crippen LogP contribution in [0.3, 0.4) is 0 Å². The van der Waals surface area contributed by atoms with E-state index in [1.165, 1.54) is 0 Å². The van der Waals surface area contributed by atoms with E-state index in [2.05, 4.69) is 46.5 Å². The van der Waals surface area contributed by atoms with Crippen molar-refractivity contribution < 1.29 is 0 Å². The molecule has 0 aliphatic carbocycles. The van der Waals surface area contributed by atoms with E-state index in [4.69, 9.17) is 0 Å². The third kappa shape index (κ3) is 4.44. The lowest BCUT2D eigenvalue weighted by atomic mass is 9.98.